The Hall–Kier alpha value is -2.46. The smallest absolute Gasteiger partial charge is 0.338 e. The molecule has 9 nitrogen and oxygen atoms in total. The number of hydrogen-bond acceptors (Lipinski definition) is 6. The molecule has 160 valence electrons. The number of hydrogen-bond donors (Lipinski definition) is 1. The fourth-order valence-electron chi connectivity index (χ4n) is 3.05. The summed E-state index contributed by atoms with van der Waals surface area (Å²) < 4.78 is 31.4. The minimum Gasteiger partial charge on any atom is -0.452 e. The molecule has 0 aliphatic carbocycles. The summed E-state index contributed by atoms with van der Waals surface area (Å²) >= 11 is 0. The summed E-state index contributed by atoms with van der Waals surface area (Å²) in [5.41, 5.74) is 5.36. The zero-order valence-corrected chi connectivity index (χ0v) is 17.6. The number of primary amides is 1. The van der Waals surface area contributed by atoms with Crippen molar-refractivity contribution in [3.05, 3.63) is 29.8 Å². The molecule has 2 rings (SSSR count). The molecular formula is C19H27N3O6S. The van der Waals surface area contributed by atoms with Crippen molar-refractivity contribution in [3.8, 4) is 0 Å². The van der Waals surface area contributed by atoms with E-state index in [0.717, 1.165) is 12.8 Å². The van der Waals surface area contributed by atoms with Crippen molar-refractivity contribution < 1.29 is 27.5 Å². The fraction of sp³-hybridized carbons (Fsp3) is 0.526. The second kappa shape index (κ2) is 9.36. The number of carbonyl (C=O) groups excluding carboxylic acids is 3. The van der Waals surface area contributed by atoms with Gasteiger partial charge in [0.1, 0.15) is 6.04 Å². The lowest BCUT2D eigenvalue weighted by molar-refractivity contribution is -0.143. The SMILES string of the molecule is CC(C)N(C)S(=O)(=O)c1cccc(C(=O)OCC(=O)N2CCCC[C@H]2C(N)=O)c1. The van der Waals surface area contributed by atoms with Gasteiger partial charge in [0.05, 0.1) is 10.5 Å². The molecule has 1 aromatic rings. The number of amides is 2. The Balaban J connectivity index is 2.08. The molecule has 0 radical (unpaired) electrons. The average Bonchev–Trinajstić information content (AvgIpc) is 2.70. The van der Waals surface area contributed by atoms with Crippen molar-refractivity contribution in [1.82, 2.24) is 9.21 Å². The van der Waals surface area contributed by atoms with Gasteiger partial charge >= 0.3 is 5.97 Å². The molecule has 0 unspecified atom stereocenters. The van der Waals surface area contributed by atoms with Crippen LogP contribution in [0.4, 0.5) is 0 Å². The molecule has 2 amide bonds. The molecule has 2 N–H and O–H groups in total. The molecule has 0 saturated carbocycles. The van der Waals surface area contributed by atoms with Gasteiger partial charge in [-0.05, 0) is 51.3 Å². The van der Waals surface area contributed by atoms with Crippen molar-refractivity contribution in [1.29, 1.82) is 0 Å². The Morgan fingerprint density at radius 1 is 1.28 bits per heavy atom. The van der Waals surface area contributed by atoms with Crippen LogP contribution in [0.5, 0.6) is 0 Å². The van der Waals surface area contributed by atoms with Gasteiger partial charge in [-0.25, -0.2) is 13.2 Å². The van der Waals surface area contributed by atoms with Crippen molar-refractivity contribution in [2.24, 2.45) is 5.73 Å². The van der Waals surface area contributed by atoms with E-state index in [0.29, 0.717) is 13.0 Å². The van der Waals surface area contributed by atoms with Gasteiger partial charge in [0, 0.05) is 19.6 Å². The van der Waals surface area contributed by atoms with Gasteiger partial charge in [-0.1, -0.05) is 6.07 Å². The summed E-state index contributed by atoms with van der Waals surface area (Å²) in [6.45, 7) is 3.30. The molecule has 1 heterocycles. The third kappa shape index (κ3) is 5.33. The number of sulfonamides is 1. The molecule has 1 saturated heterocycles. The van der Waals surface area contributed by atoms with Crippen molar-refractivity contribution in [3.63, 3.8) is 0 Å². The number of carbonyl (C=O) groups is 3. The summed E-state index contributed by atoms with van der Waals surface area (Å²) in [7, 11) is -2.30. The number of rotatable bonds is 7. The maximum atomic E-state index is 12.6. The summed E-state index contributed by atoms with van der Waals surface area (Å²) in [5.74, 6) is -1.92. The molecule has 0 spiro atoms. The monoisotopic (exact) mass is 425 g/mol. The van der Waals surface area contributed by atoms with Gasteiger partial charge in [-0.15, -0.1) is 0 Å². The van der Waals surface area contributed by atoms with E-state index in [1.807, 2.05) is 0 Å². The van der Waals surface area contributed by atoms with Crippen LogP contribution in [0.3, 0.4) is 0 Å². The zero-order valence-electron chi connectivity index (χ0n) is 16.8. The van der Waals surface area contributed by atoms with Gasteiger partial charge in [-0.2, -0.15) is 4.31 Å². The first-order valence-electron chi connectivity index (χ1n) is 9.39. The van der Waals surface area contributed by atoms with Crippen molar-refractivity contribution in [2.75, 3.05) is 20.2 Å². The number of ether oxygens (including phenoxy) is 1. The summed E-state index contributed by atoms with van der Waals surface area (Å²) in [4.78, 5) is 37.5. The first-order chi connectivity index (χ1) is 13.6. The van der Waals surface area contributed by atoms with Gasteiger partial charge in [0.2, 0.25) is 15.9 Å². The van der Waals surface area contributed by atoms with E-state index in [1.54, 1.807) is 13.8 Å². The Bertz CT molecular complexity index is 884. The van der Waals surface area contributed by atoms with Crippen LogP contribution in [0.25, 0.3) is 0 Å². The maximum Gasteiger partial charge on any atom is 0.338 e. The van der Waals surface area contributed by atoms with E-state index >= 15 is 0 Å². The zero-order chi connectivity index (χ0) is 21.8. The first-order valence-corrected chi connectivity index (χ1v) is 10.8. The highest BCUT2D eigenvalue weighted by molar-refractivity contribution is 7.89. The van der Waals surface area contributed by atoms with E-state index in [-0.39, 0.29) is 16.5 Å². The summed E-state index contributed by atoms with van der Waals surface area (Å²) in [6, 6.07) is 4.50. The second-order valence-corrected chi connectivity index (χ2v) is 9.22. The molecule has 1 fully saturated rings. The molecule has 29 heavy (non-hydrogen) atoms. The Morgan fingerprint density at radius 2 is 1.97 bits per heavy atom. The number of piperidine rings is 1. The normalized spacial score (nSPS) is 17.4. The van der Waals surface area contributed by atoms with E-state index in [2.05, 4.69) is 0 Å². The highest BCUT2D eigenvalue weighted by Crippen LogP contribution is 2.19. The largest absolute Gasteiger partial charge is 0.452 e. The molecule has 1 aliphatic heterocycles. The molecule has 0 bridgehead atoms. The molecule has 1 atom stereocenters. The Kier molecular flexibility index (Phi) is 7.37. The van der Waals surface area contributed by atoms with E-state index in [9.17, 15) is 22.8 Å². The Morgan fingerprint density at radius 3 is 2.59 bits per heavy atom. The van der Waals surface area contributed by atoms with Crippen LogP contribution >= 0.6 is 0 Å². The Labute approximate surface area is 170 Å². The number of esters is 1. The first kappa shape index (κ1) is 22.8. The number of likely N-dealkylation sites (tertiary alicyclic amines) is 1. The molecule has 0 aromatic heterocycles. The van der Waals surface area contributed by atoms with Crippen LogP contribution in [-0.4, -0.2) is 67.7 Å². The van der Waals surface area contributed by atoms with Gasteiger partial charge in [0.25, 0.3) is 5.91 Å². The topological polar surface area (TPSA) is 127 Å². The number of nitrogens with two attached hydrogens (primary N) is 1. The maximum absolute atomic E-state index is 12.6. The second-order valence-electron chi connectivity index (χ2n) is 7.22. The van der Waals surface area contributed by atoms with Gasteiger partial charge in [0.15, 0.2) is 6.61 Å². The summed E-state index contributed by atoms with van der Waals surface area (Å²) in [6.07, 6.45) is 2.02. The lowest BCUT2D eigenvalue weighted by Crippen LogP contribution is -2.51. The minimum atomic E-state index is -3.76. The highest BCUT2D eigenvalue weighted by atomic mass is 32.2. The van der Waals surface area contributed by atoms with E-state index in [1.165, 1.54) is 40.5 Å². The number of benzene rings is 1. The third-order valence-electron chi connectivity index (χ3n) is 4.95. The lowest BCUT2D eigenvalue weighted by Gasteiger charge is -2.33. The van der Waals surface area contributed by atoms with Crippen LogP contribution in [0.2, 0.25) is 0 Å². The standard InChI is InChI=1S/C19H27N3O6S/c1-13(2)21(3)29(26,27)15-8-6-7-14(11-15)19(25)28-12-17(23)22-10-5-4-9-16(22)18(20)24/h6-8,11,13,16H,4-5,9-10,12H2,1-3H3,(H2,20,24)/t16-/m0/s1. The fourth-order valence-corrected chi connectivity index (χ4v) is 4.46. The minimum absolute atomic E-state index is 0.0149. The van der Waals surface area contributed by atoms with Crippen molar-refractivity contribution in [2.45, 2.75) is 50.1 Å². The van der Waals surface area contributed by atoms with Gasteiger partial charge in [-0.3, -0.25) is 9.59 Å². The average molecular weight is 426 g/mol. The predicted octanol–water partition coefficient (Wildman–Crippen LogP) is 0.739. The highest BCUT2D eigenvalue weighted by Gasteiger charge is 2.31. The lowest BCUT2D eigenvalue weighted by atomic mass is 10.0. The molecule has 1 aromatic carbocycles. The molecule has 1 aliphatic rings. The molecular weight excluding hydrogens is 398 g/mol. The van der Waals surface area contributed by atoms with Crippen LogP contribution in [-0.2, 0) is 24.3 Å². The van der Waals surface area contributed by atoms with E-state index in [4.69, 9.17) is 10.5 Å². The van der Waals surface area contributed by atoms with Crippen molar-refractivity contribution >= 4 is 27.8 Å². The quantitative estimate of drug-likeness (QED) is 0.642. The van der Waals surface area contributed by atoms with Gasteiger partial charge < -0.3 is 15.4 Å². The van der Waals surface area contributed by atoms with Crippen LogP contribution in [0.1, 0.15) is 43.5 Å². The van der Waals surface area contributed by atoms with E-state index < -0.39 is 40.5 Å². The predicted molar refractivity (Wildman–Crippen MR) is 105 cm³/mol. The summed E-state index contributed by atoms with van der Waals surface area (Å²) in [5, 5.41) is 0. The van der Waals surface area contributed by atoms with Crippen LogP contribution < -0.4 is 5.73 Å². The van der Waals surface area contributed by atoms with Crippen LogP contribution in [0.15, 0.2) is 29.2 Å². The third-order valence-corrected chi connectivity index (χ3v) is 6.98. The number of nitrogens with zero attached hydrogens (tertiary/aromatic N) is 2. The van der Waals surface area contributed by atoms with Crippen LogP contribution in [0, 0.1) is 0 Å². The molecule has 10 heteroatoms.